The quantitative estimate of drug-likeness (QED) is 0.0518. The van der Waals surface area contributed by atoms with E-state index in [-0.39, 0.29) is 25.6 Å². The molecular formula is C39H62O5. The Morgan fingerprint density at radius 2 is 1.02 bits per heavy atom. The standard InChI is InChI=1S/C39H62O5/c1-3-5-7-9-11-13-15-16-17-18-19-20-21-22-24-26-28-30-32-34-39(42)44-37(35-40)36-43-38(41)33-31-29-27-25-23-14-12-10-8-6-4-2/h5,7,10-13,16-17,19-20,22,24,28,30,37,40H,3-4,6,8-9,14-15,18,21,23,25-27,29,31-36H2,1-2H3/t37-/m0/s1. The maximum atomic E-state index is 12.1. The Labute approximate surface area is 269 Å². The van der Waals surface area contributed by atoms with Crippen LogP contribution in [0.25, 0.3) is 0 Å². The first-order chi connectivity index (χ1) is 21.6. The molecule has 1 atom stereocenters. The van der Waals surface area contributed by atoms with Crippen molar-refractivity contribution in [2.24, 2.45) is 0 Å². The van der Waals surface area contributed by atoms with Crippen LogP contribution in [-0.2, 0) is 19.1 Å². The van der Waals surface area contributed by atoms with Gasteiger partial charge in [0.05, 0.1) is 6.61 Å². The molecule has 0 saturated carbocycles. The van der Waals surface area contributed by atoms with E-state index in [1.54, 1.807) is 0 Å². The second kappa shape index (κ2) is 34.6. The highest BCUT2D eigenvalue weighted by atomic mass is 16.6. The maximum Gasteiger partial charge on any atom is 0.306 e. The molecule has 0 aliphatic carbocycles. The van der Waals surface area contributed by atoms with E-state index in [0.29, 0.717) is 12.8 Å². The van der Waals surface area contributed by atoms with Crippen molar-refractivity contribution in [3.63, 3.8) is 0 Å². The van der Waals surface area contributed by atoms with Gasteiger partial charge in [-0.15, -0.1) is 0 Å². The fraction of sp³-hybridized carbons (Fsp3) is 0.590. The minimum absolute atomic E-state index is 0.106. The molecule has 0 heterocycles. The van der Waals surface area contributed by atoms with Gasteiger partial charge in [-0.1, -0.05) is 131 Å². The van der Waals surface area contributed by atoms with Crippen LogP contribution in [0, 0.1) is 0 Å². The summed E-state index contributed by atoms with van der Waals surface area (Å²) in [4.78, 5) is 24.1. The highest BCUT2D eigenvalue weighted by Crippen LogP contribution is 2.09. The number of hydrogen-bond acceptors (Lipinski definition) is 5. The molecule has 0 fully saturated rings. The van der Waals surface area contributed by atoms with Gasteiger partial charge in [-0.2, -0.15) is 0 Å². The van der Waals surface area contributed by atoms with Crippen LogP contribution in [0.3, 0.4) is 0 Å². The number of aliphatic hydroxyl groups is 1. The molecule has 0 aromatic rings. The van der Waals surface area contributed by atoms with Gasteiger partial charge in [0.2, 0.25) is 0 Å². The van der Waals surface area contributed by atoms with Crippen LogP contribution in [-0.4, -0.2) is 36.4 Å². The lowest BCUT2D eigenvalue weighted by Gasteiger charge is -2.15. The van der Waals surface area contributed by atoms with E-state index in [4.69, 9.17) is 9.47 Å². The van der Waals surface area contributed by atoms with E-state index < -0.39 is 12.1 Å². The van der Waals surface area contributed by atoms with Gasteiger partial charge in [0.15, 0.2) is 6.10 Å². The van der Waals surface area contributed by atoms with Crippen molar-refractivity contribution in [1.82, 2.24) is 0 Å². The van der Waals surface area contributed by atoms with Crippen LogP contribution < -0.4 is 0 Å². The van der Waals surface area contributed by atoms with Crippen molar-refractivity contribution in [2.45, 2.75) is 136 Å². The Morgan fingerprint density at radius 3 is 1.57 bits per heavy atom. The summed E-state index contributed by atoms with van der Waals surface area (Å²) in [5.74, 6) is -0.712. The zero-order chi connectivity index (χ0) is 32.2. The lowest BCUT2D eigenvalue weighted by molar-refractivity contribution is -0.161. The summed E-state index contributed by atoms with van der Waals surface area (Å²) >= 11 is 0. The van der Waals surface area contributed by atoms with Crippen LogP contribution in [0.2, 0.25) is 0 Å². The number of esters is 2. The number of carbonyl (C=O) groups is 2. The van der Waals surface area contributed by atoms with Gasteiger partial charge in [0.1, 0.15) is 6.61 Å². The molecule has 0 amide bonds. The molecular weight excluding hydrogens is 548 g/mol. The van der Waals surface area contributed by atoms with E-state index in [2.05, 4.69) is 86.8 Å². The molecule has 5 heteroatoms. The second-order valence-corrected chi connectivity index (χ2v) is 10.9. The number of aliphatic hydroxyl groups excluding tert-OH is 1. The number of ether oxygens (including phenoxy) is 2. The topological polar surface area (TPSA) is 72.8 Å². The molecule has 0 saturated heterocycles. The van der Waals surface area contributed by atoms with E-state index >= 15 is 0 Å². The van der Waals surface area contributed by atoms with Gasteiger partial charge in [0.25, 0.3) is 0 Å². The molecule has 0 radical (unpaired) electrons. The molecule has 0 unspecified atom stereocenters. The number of rotatable bonds is 29. The highest BCUT2D eigenvalue weighted by molar-refractivity contribution is 5.70. The fourth-order valence-corrected chi connectivity index (χ4v) is 4.09. The Kier molecular flexibility index (Phi) is 32.3. The lowest BCUT2D eigenvalue weighted by atomic mass is 10.1. The molecule has 0 bridgehead atoms. The first-order valence-corrected chi connectivity index (χ1v) is 17.1. The van der Waals surface area contributed by atoms with Crippen molar-refractivity contribution in [2.75, 3.05) is 13.2 Å². The van der Waals surface area contributed by atoms with Crippen molar-refractivity contribution in [3.8, 4) is 0 Å². The third-order valence-electron chi connectivity index (χ3n) is 6.69. The van der Waals surface area contributed by atoms with Crippen LogP contribution >= 0.6 is 0 Å². The smallest absolute Gasteiger partial charge is 0.306 e. The van der Waals surface area contributed by atoms with Crippen molar-refractivity contribution >= 4 is 11.9 Å². The summed E-state index contributed by atoms with van der Waals surface area (Å²) < 4.78 is 10.5. The predicted molar refractivity (Wildman–Crippen MR) is 186 cm³/mol. The zero-order valence-electron chi connectivity index (χ0n) is 27.9. The molecule has 0 spiro atoms. The lowest BCUT2D eigenvalue weighted by Crippen LogP contribution is -2.28. The molecule has 0 aromatic heterocycles. The van der Waals surface area contributed by atoms with Gasteiger partial charge < -0.3 is 14.6 Å². The Hall–Kier alpha value is -2.92. The molecule has 0 aliphatic rings. The fourth-order valence-electron chi connectivity index (χ4n) is 4.09. The van der Waals surface area contributed by atoms with Crippen LogP contribution in [0.1, 0.15) is 129 Å². The van der Waals surface area contributed by atoms with E-state index in [0.717, 1.165) is 64.2 Å². The number of carbonyl (C=O) groups excluding carboxylic acids is 2. The van der Waals surface area contributed by atoms with Gasteiger partial charge >= 0.3 is 11.9 Å². The molecule has 0 aromatic carbocycles. The Morgan fingerprint density at radius 1 is 0.545 bits per heavy atom. The van der Waals surface area contributed by atoms with Gasteiger partial charge in [0, 0.05) is 12.8 Å². The normalized spacial score (nSPS) is 13.2. The minimum atomic E-state index is -0.817. The molecule has 0 rings (SSSR count). The summed E-state index contributed by atoms with van der Waals surface area (Å²) in [6.45, 7) is 3.88. The van der Waals surface area contributed by atoms with Gasteiger partial charge in [-0.25, -0.2) is 0 Å². The first-order valence-electron chi connectivity index (χ1n) is 17.1. The molecule has 248 valence electrons. The summed E-state index contributed by atoms with van der Waals surface area (Å²) in [7, 11) is 0. The second-order valence-electron chi connectivity index (χ2n) is 10.9. The number of allylic oxidation sites excluding steroid dienone is 14. The summed E-state index contributed by atoms with van der Waals surface area (Å²) in [6.07, 6.45) is 46.5. The van der Waals surface area contributed by atoms with Gasteiger partial charge in [-0.3, -0.25) is 9.59 Å². The van der Waals surface area contributed by atoms with Crippen molar-refractivity contribution < 1.29 is 24.2 Å². The third kappa shape index (κ3) is 32.0. The Bertz CT molecular complexity index is 875. The van der Waals surface area contributed by atoms with Crippen LogP contribution in [0.5, 0.6) is 0 Å². The van der Waals surface area contributed by atoms with Crippen LogP contribution in [0.4, 0.5) is 0 Å². The maximum absolute atomic E-state index is 12.1. The molecule has 44 heavy (non-hydrogen) atoms. The summed E-state index contributed by atoms with van der Waals surface area (Å²) in [5, 5.41) is 9.49. The first kappa shape index (κ1) is 41.1. The average molecular weight is 611 g/mol. The summed E-state index contributed by atoms with van der Waals surface area (Å²) in [5.41, 5.74) is 0. The number of hydrogen-bond donors (Lipinski definition) is 1. The molecule has 0 aliphatic heterocycles. The van der Waals surface area contributed by atoms with E-state index in [9.17, 15) is 14.7 Å². The van der Waals surface area contributed by atoms with E-state index in [1.165, 1.54) is 32.1 Å². The zero-order valence-corrected chi connectivity index (χ0v) is 27.9. The highest BCUT2D eigenvalue weighted by Gasteiger charge is 2.15. The molecule has 1 N–H and O–H groups in total. The molecule has 5 nitrogen and oxygen atoms in total. The van der Waals surface area contributed by atoms with Crippen molar-refractivity contribution in [1.29, 1.82) is 0 Å². The minimum Gasteiger partial charge on any atom is -0.462 e. The van der Waals surface area contributed by atoms with Gasteiger partial charge in [-0.05, 0) is 70.6 Å². The third-order valence-corrected chi connectivity index (χ3v) is 6.69. The SMILES string of the molecule is CCC=CCC=CCC=CCC=CCC=CCC=CCCC(=O)O[C@@H](CO)COC(=O)CCCCCCCC=CCCCC. The van der Waals surface area contributed by atoms with Crippen molar-refractivity contribution in [3.05, 3.63) is 85.1 Å². The summed E-state index contributed by atoms with van der Waals surface area (Å²) in [6, 6.07) is 0. The average Bonchev–Trinajstić information content (AvgIpc) is 3.02. The monoisotopic (exact) mass is 610 g/mol. The number of unbranched alkanes of at least 4 members (excludes halogenated alkanes) is 7. The van der Waals surface area contributed by atoms with Crippen LogP contribution in [0.15, 0.2) is 85.1 Å². The Balaban J connectivity index is 3.79. The predicted octanol–water partition coefficient (Wildman–Crippen LogP) is 10.4. The largest absolute Gasteiger partial charge is 0.462 e. The van der Waals surface area contributed by atoms with E-state index in [1.807, 2.05) is 12.2 Å².